The Balaban J connectivity index is 1.42. The van der Waals surface area contributed by atoms with Gasteiger partial charge in [0.15, 0.2) is 5.78 Å². The van der Waals surface area contributed by atoms with E-state index in [4.69, 9.17) is 4.42 Å². The van der Waals surface area contributed by atoms with Crippen LogP contribution in [0.4, 0.5) is 5.69 Å². The number of aromatic nitrogens is 2. The van der Waals surface area contributed by atoms with Gasteiger partial charge in [0.1, 0.15) is 0 Å². The van der Waals surface area contributed by atoms with Crippen molar-refractivity contribution in [2.75, 3.05) is 17.7 Å². The Bertz CT molecular complexity index is 897. The lowest BCUT2D eigenvalue weighted by molar-refractivity contribution is -0.112. The van der Waals surface area contributed by atoms with E-state index in [0.717, 1.165) is 30.1 Å². The van der Waals surface area contributed by atoms with Gasteiger partial charge in [0.05, 0.1) is 5.75 Å². The summed E-state index contributed by atoms with van der Waals surface area (Å²) in [6, 6.07) is 8.32. The first kappa shape index (κ1) is 19.2. The Labute approximate surface area is 170 Å². The minimum atomic E-state index is -0.190. The van der Waals surface area contributed by atoms with Crippen LogP contribution >= 0.6 is 11.8 Å². The van der Waals surface area contributed by atoms with Gasteiger partial charge < -0.3 is 9.32 Å². The molecule has 148 valence electrons. The summed E-state index contributed by atoms with van der Waals surface area (Å²) in [7, 11) is 2.02. The third-order valence-corrected chi connectivity index (χ3v) is 6.79. The van der Waals surface area contributed by atoms with Crippen LogP contribution in [0.1, 0.15) is 63.3 Å². The molecule has 1 fully saturated rings. The van der Waals surface area contributed by atoms with E-state index in [2.05, 4.69) is 47.1 Å². The Kier molecular flexibility index (Phi) is 5.32. The lowest BCUT2D eigenvalue weighted by Crippen LogP contribution is -2.24. The van der Waals surface area contributed by atoms with Crippen molar-refractivity contribution in [2.45, 2.75) is 62.5 Å². The van der Waals surface area contributed by atoms with Crippen LogP contribution in [-0.4, -0.2) is 28.8 Å². The summed E-state index contributed by atoms with van der Waals surface area (Å²) in [5.74, 6) is 1.49. The summed E-state index contributed by atoms with van der Waals surface area (Å²) < 4.78 is 5.81. The van der Waals surface area contributed by atoms with E-state index in [1.165, 1.54) is 36.6 Å². The van der Waals surface area contributed by atoms with Crippen molar-refractivity contribution in [1.29, 1.82) is 0 Å². The van der Waals surface area contributed by atoms with Gasteiger partial charge in [0.2, 0.25) is 5.89 Å². The number of likely N-dealkylation sites (N-methyl/N-ethyl adjacent to an activating group) is 1. The molecule has 0 saturated heterocycles. The Hall–Kier alpha value is -2.08. The number of benzene rings is 1. The van der Waals surface area contributed by atoms with Crippen LogP contribution in [0.25, 0.3) is 0 Å². The summed E-state index contributed by atoms with van der Waals surface area (Å²) >= 11 is 1.33. The second kappa shape index (κ2) is 7.74. The number of anilines is 1. The van der Waals surface area contributed by atoms with Gasteiger partial charge in [0, 0.05) is 35.8 Å². The highest BCUT2D eigenvalue weighted by molar-refractivity contribution is 7.99. The maximum atomic E-state index is 12.7. The van der Waals surface area contributed by atoms with E-state index in [0.29, 0.717) is 16.9 Å². The van der Waals surface area contributed by atoms with Gasteiger partial charge in [-0.25, -0.2) is 0 Å². The van der Waals surface area contributed by atoms with Crippen LogP contribution in [0.2, 0.25) is 0 Å². The van der Waals surface area contributed by atoms with Gasteiger partial charge in [-0.15, -0.1) is 10.2 Å². The standard InChI is InChI=1S/C22H27N3O2S/c1-22(2)17-11-7-8-12-18(17)25(3)19(22)13-16(26)14-28-21-24-23-20(27-21)15-9-5-4-6-10-15/h7-8,11-13,15H,4-6,9-10,14H2,1-3H3/b19-13-. The first-order valence-electron chi connectivity index (χ1n) is 10.0. The zero-order valence-corrected chi connectivity index (χ0v) is 17.6. The van der Waals surface area contributed by atoms with Crippen LogP contribution < -0.4 is 4.90 Å². The number of carbonyl (C=O) groups is 1. The molecule has 0 amide bonds. The van der Waals surface area contributed by atoms with E-state index < -0.39 is 0 Å². The van der Waals surface area contributed by atoms with Crippen LogP contribution in [0.15, 0.2) is 45.7 Å². The number of rotatable bonds is 5. The Morgan fingerprint density at radius 2 is 2.00 bits per heavy atom. The van der Waals surface area contributed by atoms with E-state index in [1.807, 2.05) is 13.1 Å². The molecular formula is C22H27N3O2S. The number of carbonyl (C=O) groups excluding carboxylic acids is 1. The summed E-state index contributed by atoms with van der Waals surface area (Å²) in [6.45, 7) is 4.33. The fourth-order valence-corrected chi connectivity index (χ4v) is 4.97. The number of fused-ring (bicyclic) bond motifs is 1. The quantitative estimate of drug-likeness (QED) is 0.517. The maximum absolute atomic E-state index is 12.7. The van der Waals surface area contributed by atoms with Crippen LogP contribution in [0.3, 0.4) is 0 Å². The third-order valence-electron chi connectivity index (χ3n) is 5.95. The summed E-state index contributed by atoms with van der Waals surface area (Å²) in [4.78, 5) is 14.8. The number of allylic oxidation sites excluding steroid dienone is 2. The smallest absolute Gasteiger partial charge is 0.277 e. The lowest BCUT2D eigenvalue weighted by Gasteiger charge is -2.23. The van der Waals surface area contributed by atoms with Crippen molar-refractivity contribution in [3.05, 3.63) is 47.5 Å². The molecule has 4 rings (SSSR count). The molecule has 0 atom stereocenters. The predicted octanol–water partition coefficient (Wildman–Crippen LogP) is 5.09. The topological polar surface area (TPSA) is 59.2 Å². The molecule has 1 aliphatic heterocycles. The lowest BCUT2D eigenvalue weighted by atomic mass is 9.83. The molecule has 2 aromatic rings. The number of hydrogen-bond acceptors (Lipinski definition) is 6. The molecule has 0 N–H and O–H groups in total. The van der Waals surface area contributed by atoms with Crippen molar-refractivity contribution in [3.8, 4) is 0 Å². The molecule has 6 heteroatoms. The van der Waals surface area contributed by atoms with Crippen molar-refractivity contribution >= 4 is 23.2 Å². The predicted molar refractivity (Wildman–Crippen MR) is 112 cm³/mol. The largest absolute Gasteiger partial charge is 0.416 e. The van der Waals surface area contributed by atoms with Gasteiger partial charge in [-0.05, 0) is 24.5 Å². The summed E-state index contributed by atoms with van der Waals surface area (Å²) in [5.41, 5.74) is 3.24. The maximum Gasteiger partial charge on any atom is 0.277 e. The van der Waals surface area contributed by atoms with Crippen LogP contribution in [0, 0.1) is 0 Å². The van der Waals surface area contributed by atoms with E-state index in [9.17, 15) is 4.79 Å². The van der Waals surface area contributed by atoms with Crippen LogP contribution in [0.5, 0.6) is 0 Å². The molecule has 0 bridgehead atoms. The van der Waals surface area contributed by atoms with Crippen LogP contribution in [-0.2, 0) is 10.2 Å². The van der Waals surface area contributed by atoms with Gasteiger partial charge in [-0.1, -0.05) is 63.1 Å². The molecule has 2 aliphatic rings. The number of para-hydroxylation sites is 1. The molecule has 0 spiro atoms. The number of hydrogen-bond donors (Lipinski definition) is 0. The molecule has 5 nitrogen and oxygen atoms in total. The van der Waals surface area contributed by atoms with Crippen molar-refractivity contribution in [1.82, 2.24) is 10.2 Å². The van der Waals surface area contributed by atoms with E-state index >= 15 is 0 Å². The number of nitrogens with zero attached hydrogens (tertiary/aromatic N) is 3. The number of ketones is 1. The van der Waals surface area contributed by atoms with Gasteiger partial charge in [-0.3, -0.25) is 4.79 Å². The SMILES string of the molecule is CN1/C(=C\C(=O)CSc2nnc(C3CCCCC3)o2)C(C)(C)c2ccccc21. The molecule has 1 aliphatic carbocycles. The zero-order chi connectivity index (χ0) is 19.7. The van der Waals surface area contributed by atoms with E-state index in [-0.39, 0.29) is 11.2 Å². The monoisotopic (exact) mass is 397 g/mol. The zero-order valence-electron chi connectivity index (χ0n) is 16.8. The molecule has 28 heavy (non-hydrogen) atoms. The summed E-state index contributed by atoms with van der Waals surface area (Å²) in [6.07, 6.45) is 7.77. The van der Waals surface area contributed by atoms with Gasteiger partial charge in [-0.2, -0.15) is 0 Å². The highest BCUT2D eigenvalue weighted by atomic mass is 32.2. The minimum Gasteiger partial charge on any atom is -0.416 e. The highest BCUT2D eigenvalue weighted by Gasteiger charge is 2.38. The first-order valence-corrected chi connectivity index (χ1v) is 11.0. The second-order valence-corrected chi connectivity index (χ2v) is 9.15. The molecule has 0 radical (unpaired) electrons. The fraction of sp³-hybridized carbons (Fsp3) is 0.500. The molecule has 1 aromatic heterocycles. The Morgan fingerprint density at radius 3 is 2.75 bits per heavy atom. The number of thioether (sulfide) groups is 1. The van der Waals surface area contributed by atoms with Crippen molar-refractivity contribution < 1.29 is 9.21 Å². The second-order valence-electron chi connectivity index (χ2n) is 8.23. The molecule has 1 saturated carbocycles. The minimum absolute atomic E-state index is 0.0603. The van der Waals surface area contributed by atoms with Crippen molar-refractivity contribution in [2.24, 2.45) is 0 Å². The first-order chi connectivity index (χ1) is 13.5. The average Bonchev–Trinajstić information content (AvgIpc) is 3.25. The van der Waals surface area contributed by atoms with Gasteiger partial charge in [0.25, 0.3) is 5.22 Å². The normalized spacial score (nSPS) is 20.5. The van der Waals surface area contributed by atoms with Crippen molar-refractivity contribution in [3.63, 3.8) is 0 Å². The third kappa shape index (κ3) is 3.62. The Morgan fingerprint density at radius 1 is 1.25 bits per heavy atom. The van der Waals surface area contributed by atoms with Gasteiger partial charge >= 0.3 is 0 Å². The van der Waals surface area contributed by atoms with E-state index in [1.54, 1.807) is 6.08 Å². The fourth-order valence-electron chi connectivity index (χ4n) is 4.38. The molecule has 1 aromatic carbocycles. The summed E-state index contributed by atoms with van der Waals surface area (Å²) in [5, 5.41) is 8.84. The molecular weight excluding hydrogens is 370 g/mol. The highest BCUT2D eigenvalue weighted by Crippen LogP contribution is 2.46. The molecule has 2 heterocycles. The molecule has 0 unspecified atom stereocenters. The average molecular weight is 398 g/mol.